The van der Waals surface area contributed by atoms with Crippen LogP contribution in [-0.4, -0.2) is 37.0 Å². The first-order valence-corrected chi connectivity index (χ1v) is 8.90. The zero-order valence-corrected chi connectivity index (χ0v) is 15.6. The number of hydrogen-bond donors (Lipinski definition) is 0. The summed E-state index contributed by atoms with van der Waals surface area (Å²) in [7, 11) is 0. The highest BCUT2D eigenvalue weighted by Gasteiger charge is 2.17. The van der Waals surface area contributed by atoms with Crippen LogP contribution in [-0.2, 0) is 6.42 Å². The van der Waals surface area contributed by atoms with Crippen molar-refractivity contribution in [2.24, 2.45) is 0 Å². The fourth-order valence-electron chi connectivity index (χ4n) is 2.68. The lowest BCUT2D eigenvalue weighted by molar-refractivity contribution is 0.101. The summed E-state index contributed by atoms with van der Waals surface area (Å²) < 4.78 is 7.61. The van der Waals surface area contributed by atoms with Crippen molar-refractivity contribution in [3.63, 3.8) is 0 Å². The molecule has 7 nitrogen and oxygen atoms in total. The van der Waals surface area contributed by atoms with E-state index >= 15 is 0 Å². The minimum Gasteiger partial charge on any atom is -0.477 e. The second-order valence-corrected chi connectivity index (χ2v) is 6.18. The first-order valence-electron chi connectivity index (χ1n) is 8.90. The Kier molecular flexibility index (Phi) is 5.25. The number of aromatic nitrogens is 5. The lowest BCUT2D eigenvalue weighted by Crippen LogP contribution is -2.06. The van der Waals surface area contributed by atoms with E-state index in [0.717, 1.165) is 36.3 Å². The number of ether oxygens (including phenoxy) is 1. The average molecular weight is 353 g/mol. The third-order valence-electron chi connectivity index (χ3n) is 4.20. The Morgan fingerprint density at radius 2 is 2.04 bits per heavy atom. The molecule has 3 aromatic rings. The number of carbonyl (C=O) groups excluding carboxylic acids is 1. The molecular formula is C19H23N5O2. The predicted octanol–water partition coefficient (Wildman–Crippen LogP) is 3.44. The third-order valence-corrected chi connectivity index (χ3v) is 4.20. The molecule has 0 unspecified atom stereocenters. The molecular weight excluding hydrogens is 330 g/mol. The molecule has 7 heteroatoms. The number of nitrogens with zero attached hydrogens (tertiary/aromatic N) is 5. The van der Waals surface area contributed by atoms with E-state index in [-0.39, 0.29) is 5.78 Å². The van der Waals surface area contributed by atoms with Gasteiger partial charge in [0.05, 0.1) is 24.1 Å². The Bertz CT molecular complexity index is 948. The van der Waals surface area contributed by atoms with Gasteiger partial charge in [-0.15, -0.1) is 5.10 Å². The van der Waals surface area contributed by atoms with Crippen LogP contribution in [0.5, 0.6) is 5.88 Å². The summed E-state index contributed by atoms with van der Waals surface area (Å²) in [5.41, 5.74) is 2.88. The van der Waals surface area contributed by atoms with E-state index < -0.39 is 0 Å². The summed E-state index contributed by atoms with van der Waals surface area (Å²) in [6.45, 7) is 8.14. The molecule has 0 aliphatic rings. The number of pyridine rings is 1. The highest BCUT2D eigenvalue weighted by Crippen LogP contribution is 2.27. The predicted molar refractivity (Wildman–Crippen MR) is 98.5 cm³/mol. The number of carbonyl (C=O) groups is 1. The number of Topliss-reactive ketones (excluding diaryl/α,β-unsaturated/α-hetero) is 1. The lowest BCUT2D eigenvalue weighted by atomic mass is 10.1. The molecule has 0 aliphatic heterocycles. The summed E-state index contributed by atoms with van der Waals surface area (Å²) in [4.78, 5) is 25.1. The summed E-state index contributed by atoms with van der Waals surface area (Å²) in [5.74, 6) is 1.71. The summed E-state index contributed by atoms with van der Waals surface area (Å²) >= 11 is 0. The molecule has 0 spiro atoms. The van der Waals surface area contributed by atoms with Crippen molar-refractivity contribution < 1.29 is 9.53 Å². The van der Waals surface area contributed by atoms with Crippen LogP contribution in [0.3, 0.4) is 0 Å². The number of unbranched alkanes of at least 4 members (excludes halogenated alkanes) is 1. The molecule has 0 aromatic carbocycles. The maximum absolute atomic E-state index is 11.8. The lowest BCUT2D eigenvalue weighted by Gasteiger charge is -2.11. The Morgan fingerprint density at radius 1 is 1.23 bits per heavy atom. The number of fused-ring (bicyclic) bond motifs is 1. The number of imidazole rings is 1. The molecule has 0 bridgehead atoms. The van der Waals surface area contributed by atoms with Crippen molar-refractivity contribution in [2.45, 2.75) is 47.0 Å². The maximum atomic E-state index is 11.8. The van der Waals surface area contributed by atoms with Gasteiger partial charge in [0.1, 0.15) is 11.3 Å². The Balaban J connectivity index is 2.12. The molecule has 0 N–H and O–H groups in total. The number of rotatable bonds is 7. The van der Waals surface area contributed by atoms with Crippen molar-refractivity contribution in [2.75, 3.05) is 6.61 Å². The van der Waals surface area contributed by atoms with Gasteiger partial charge in [-0.2, -0.15) is 0 Å². The van der Waals surface area contributed by atoms with Crippen LogP contribution >= 0.6 is 0 Å². The smallest absolute Gasteiger partial charge is 0.224 e. The van der Waals surface area contributed by atoms with Gasteiger partial charge < -0.3 is 4.74 Å². The Labute approximate surface area is 152 Å². The third kappa shape index (κ3) is 3.42. The van der Waals surface area contributed by atoms with E-state index in [1.165, 1.54) is 13.1 Å². The van der Waals surface area contributed by atoms with Crippen molar-refractivity contribution in [3.05, 3.63) is 35.5 Å². The Morgan fingerprint density at radius 3 is 2.73 bits per heavy atom. The summed E-state index contributed by atoms with van der Waals surface area (Å²) in [6, 6.07) is 1.74. The fraction of sp³-hybridized carbons (Fsp3) is 0.421. The molecule has 3 aromatic heterocycles. The van der Waals surface area contributed by atoms with Gasteiger partial charge in [0, 0.05) is 18.2 Å². The average Bonchev–Trinajstić information content (AvgIpc) is 2.97. The second kappa shape index (κ2) is 7.59. The van der Waals surface area contributed by atoms with Gasteiger partial charge in [-0.05, 0) is 26.3 Å². The molecule has 0 saturated heterocycles. The molecule has 136 valence electrons. The second-order valence-electron chi connectivity index (χ2n) is 6.18. The molecule has 3 rings (SSSR count). The SMILES string of the molecule is CCCCOc1ncc(C(C)=O)cc1-c1ncc2c(C)nc(CC)n2n1. The van der Waals surface area contributed by atoms with Crippen LogP contribution in [0, 0.1) is 6.92 Å². The monoisotopic (exact) mass is 353 g/mol. The first-order chi connectivity index (χ1) is 12.5. The summed E-state index contributed by atoms with van der Waals surface area (Å²) in [6.07, 6.45) is 6.00. The van der Waals surface area contributed by atoms with Crippen molar-refractivity contribution in [1.82, 2.24) is 24.6 Å². The van der Waals surface area contributed by atoms with E-state index in [1.54, 1.807) is 16.8 Å². The minimum atomic E-state index is -0.0624. The molecule has 0 amide bonds. The van der Waals surface area contributed by atoms with Gasteiger partial charge in [0.25, 0.3) is 0 Å². The maximum Gasteiger partial charge on any atom is 0.224 e. The molecule has 0 fully saturated rings. The van der Waals surface area contributed by atoms with E-state index in [4.69, 9.17) is 4.74 Å². The van der Waals surface area contributed by atoms with Crippen LogP contribution in [0.15, 0.2) is 18.5 Å². The molecule has 3 heterocycles. The zero-order valence-electron chi connectivity index (χ0n) is 15.6. The minimum absolute atomic E-state index is 0.0624. The van der Waals surface area contributed by atoms with E-state index in [0.29, 0.717) is 29.4 Å². The Hall–Kier alpha value is -2.83. The molecule has 26 heavy (non-hydrogen) atoms. The highest BCUT2D eigenvalue weighted by atomic mass is 16.5. The molecule has 0 saturated carbocycles. The number of hydrogen-bond acceptors (Lipinski definition) is 6. The molecule has 0 aliphatic carbocycles. The van der Waals surface area contributed by atoms with Gasteiger partial charge >= 0.3 is 0 Å². The van der Waals surface area contributed by atoms with Gasteiger partial charge in [-0.1, -0.05) is 20.3 Å². The zero-order chi connectivity index (χ0) is 18.7. The van der Waals surface area contributed by atoms with Crippen LogP contribution in [0.4, 0.5) is 0 Å². The van der Waals surface area contributed by atoms with E-state index in [1.807, 2.05) is 13.8 Å². The summed E-state index contributed by atoms with van der Waals surface area (Å²) in [5, 5.41) is 4.64. The van der Waals surface area contributed by atoms with E-state index in [9.17, 15) is 4.79 Å². The van der Waals surface area contributed by atoms with Crippen molar-refractivity contribution in [3.8, 4) is 17.3 Å². The van der Waals surface area contributed by atoms with Gasteiger partial charge in [0.15, 0.2) is 11.6 Å². The fourth-order valence-corrected chi connectivity index (χ4v) is 2.68. The van der Waals surface area contributed by atoms with E-state index in [2.05, 4.69) is 27.0 Å². The topological polar surface area (TPSA) is 82.3 Å². The largest absolute Gasteiger partial charge is 0.477 e. The highest BCUT2D eigenvalue weighted by molar-refractivity contribution is 5.95. The van der Waals surface area contributed by atoms with Crippen LogP contribution in [0.25, 0.3) is 16.9 Å². The number of aryl methyl sites for hydroxylation is 2. The first kappa shape index (κ1) is 18.0. The van der Waals surface area contributed by atoms with Gasteiger partial charge in [-0.3, -0.25) is 4.79 Å². The molecule has 0 atom stereocenters. The van der Waals surface area contributed by atoms with Gasteiger partial charge in [-0.25, -0.2) is 19.5 Å². The molecule has 0 radical (unpaired) electrons. The standard InChI is InChI=1S/C19H23N5O2/c1-5-7-8-26-19-15(9-14(10-21-19)13(4)25)18-20-11-16-12(3)22-17(6-2)24(16)23-18/h9-11H,5-8H2,1-4H3. The van der Waals surface area contributed by atoms with Crippen LogP contribution in [0.2, 0.25) is 0 Å². The normalized spacial score (nSPS) is 11.1. The number of ketones is 1. The van der Waals surface area contributed by atoms with Gasteiger partial charge in [0.2, 0.25) is 5.88 Å². The quantitative estimate of drug-likeness (QED) is 0.478. The van der Waals surface area contributed by atoms with Crippen LogP contribution in [0.1, 0.15) is 55.5 Å². The van der Waals surface area contributed by atoms with Crippen LogP contribution < -0.4 is 4.74 Å². The van der Waals surface area contributed by atoms with Crippen molar-refractivity contribution in [1.29, 1.82) is 0 Å². The van der Waals surface area contributed by atoms with Crippen molar-refractivity contribution >= 4 is 11.3 Å².